The van der Waals surface area contributed by atoms with Crippen molar-refractivity contribution >= 4 is 23.8 Å². The van der Waals surface area contributed by atoms with Crippen LogP contribution >= 0.6 is 11.8 Å². The van der Waals surface area contributed by atoms with E-state index in [1.807, 2.05) is 11.8 Å². The number of urea groups is 1. The van der Waals surface area contributed by atoms with Crippen LogP contribution in [-0.2, 0) is 14.3 Å². The molecule has 0 bridgehead atoms. The second kappa shape index (κ2) is 8.30. The van der Waals surface area contributed by atoms with Crippen molar-refractivity contribution in [3.63, 3.8) is 0 Å². The highest BCUT2D eigenvalue weighted by Crippen LogP contribution is 2.53. The summed E-state index contributed by atoms with van der Waals surface area (Å²) < 4.78 is 11.5. The fourth-order valence-electron chi connectivity index (χ4n) is 5.06. The molecule has 9 nitrogen and oxygen atoms in total. The van der Waals surface area contributed by atoms with Crippen molar-refractivity contribution in [2.45, 2.75) is 113 Å². The van der Waals surface area contributed by atoms with Crippen molar-refractivity contribution in [2.75, 3.05) is 12.4 Å². The van der Waals surface area contributed by atoms with Gasteiger partial charge in [0, 0.05) is 17.4 Å². The summed E-state index contributed by atoms with van der Waals surface area (Å²) in [5, 5.41) is 39.4. The summed E-state index contributed by atoms with van der Waals surface area (Å²) in [4.78, 5) is 23.8. The molecule has 0 aromatic carbocycles. The molecule has 0 aromatic rings. The first-order chi connectivity index (χ1) is 14.6. The molecule has 0 spiro atoms. The molecule has 10 heteroatoms. The molecular weight excluding hydrogens is 436 g/mol. The number of unbranched alkanes of at least 4 members (excludes halogenated alkanes) is 1. The first-order valence-corrected chi connectivity index (χ1v) is 12.3. The summed E-state index contributed by atoms with van der Waals surface area (Å²) in [6.07, 6.45) is 2.62. The SMILES string of the molecule is CC1(C)O[C@](C)(COC(=O)CCCCC2SC[C@@H]3NC(=O)N[C@H]23)C(C)(O)C(C)(O)[C@]1(C)O. The number of hydrogen-bond acceptors (Lipinski definition) is 8. The molecule has 32 heavy (non-hydrogen) atoms. The lowest BCUT2D eigenvalue weighted by molar-refractivity contribution is -0.398. The average molecular weight is 475 g/mol. The lowest BCUT2D eigenvalue weighted by Gasteiger charge is -2.65. The lowest BCUT2D eigenvalue weighted by Crippen LogP contribution is -2.83. The number of hydrogen-bond donors (Lipinski definition) is 5. The highest BCUT2D eigenvalue weighted by molar-refractivity contribution is 8.00. The van der Waals surface area contributed by atoms with Gasteiger partial charge in [0.05, 0.1) is 17.7 Å². The molecule has 3 fully saturated rings. The highest BCUT2D eigenvalue weighted by Gasteiger charge is 2.72. The Kier molecular flexibility index (Phi) is 6.63. The van der Waals surface area contributed by atoms with Gasteiger partial charge in [-0.05, 0) is 54.4 Å². The van der Waals surface area contributed by atoms with Gasteiger partial charge in [0.1, 0.15) is 29.0 Å². The van der Waals surface area contributed by atoms with Gasteiger partial charge in [-0.1, -0.05) is 6.42 Å². The van der Waals surface area contributed by atoms with Crippen LogP contribution in [0.4, 0.5) is 4.79 Å². The monoisotopic (exact) mass is 474 g/mol. The van der Waals surface area contributed by atoms with Crippen LogP contribution in [-0.4, -0.2) is 85.0 Å². The molecule has 5 N–H and O–H groups in total. The minimum Gasteiger partial charge on any atom is -0.462 e. The number of carbonyl (C=O) groups is 2. The molecule has 0 saturated carbocycles. The van der Waals surface area contributed by atoms with E-state index < -0.39 is 34.0 Å². The summed E-state index contributed by atoms with van der Waals surface area (Å²) in [7, 11) is 0. The zero-order valence-corrected chi connectivity index (χ0v) is 20.7. The van der Waals surface area contributed by atoms with Crippen LogP contribution in [0, 0.1) is 0 Å². The molecular formula is C22H38N2O7S. The molecule has 184 valence electrons. The van der Waals surface area contributed by atoms with E-state index in [1.54, 1.807) is 20.8 Å². The van der Waals surface area contributed by atoms with Gasteiger partial charge in [-0.2, -0.15) is 11.8 Å². The molecule has 7 atom stereocenters. The zero-order valence-electron chi connectivity index (χ0n) is 19.9. The number of carbonyl (C=O) groups excluding carboxylic acids is 2. The van der Waals surface area contributed by atoms with Crippen molar-refractivity contribution in [2.24, 2.45) is 0 Å². The minimum absolute atomic E-state index is 0.105. The Bertz CT molecular complexity index is 755. The van der Waals surface area contributed by atoms with Gasteiger partial charge in [-0.15, -0.1) is 0 Å². The smallest absolute Gasteiger partial charge is 0.315 e. The quantitative estimate of drug-likeness (QED) is 0.210. The summed E-state index contributed by atoms with van der Waals surface area (Å²) in [5.41, 5.74) is -8.21. The number of nitrogens with one attached hydrogen (secondary N) is 2. The Morgan fingerprint density at radius 3 is 2.38 bits per heavy atom. The van der Waals surface area contributed by atoms with Gasteiger partial charge in [-0.3, -0.25) is 4.79 Å². The maximum Gasteiger partial charge on any atom is 0.315 e. The van der Waals surface area contributed by atoms with E-state index in [1.165, 1.54) is 20.8 Å². The standard InChI is InChI=1S/C22H38N2O7S/c1-18(2)20(4,27)22(6,29)21(5,28)19(3,31-18)12-30-15(25)10-8-7-9-14-16-13(11-32-14)23-17(26)24-16/h13-14,16,27-29H,7-12H2,1-6H3,(H2,23,24,26)/t13-,14?,16-,19+,20+,21?,22?/m0/s1. The minimum atomic E-state index is -1.93. The Balaban J connectivity index is 1.49. The predicted molar refractivity (Wildman–Crippen MR) is 120 cm³/mol. The van der Waals surface area contributed by atoms with Gasteiger partial charge >= 0.3 is 12.0 Å². The third kappa shape index (κ3) is 4.02. The van der Waals surface area contributed by atoms with Gasteiger partial charge in [-0.25, -0.2) is 4.79 Å². The second-order valence-corrected chi connectivity index (χ2v) is 11.9. The van der Waals surface area contributed by atoms with E-state index >= 15 is 0 Å². The Labute approximate surface area is 194 Å². The lowest BCUT2D eigenvalue weighted by atomic mass is 9.59. The number of amides is 2. The van der Waals surface area contributed by atoms with Crippen LogP contribution in [0.1, 0.15) is 67.2 Å². The molecule has 2 amide bonds. The van der Waals surface area contributed by atoms with Crippen molar-refractivity contribution in [3.8, 4) is 0 Å². The maximum absolute atomic E-state index is 12.4. The van der Waals surface area contributed by atoms with Gasteiger partial charge in [0.2, 0.25) is 0 Å². The summed E-state index contributed by atoms with van der Waals surface area (Å²) in [6, 6.07) is 0.235. The first-order valence-electron chi connectivity index (χ1n) is 11.3. The topological polar surface area (TPSA) is 137 Å². The molecule has 0 aliphatic carbocycles. The van der Waals surface area contributed by atoms with Crippen LogP contribution in [0.5, 0.6) is 0 Å². The fourth-order valence-corrected chi connectivity index (χ4v) is 6.60. The summed E-state index contributed by atoms with van der Waals surface area (Å²) in [6.45, 7) is 8.75. The van der Waals surface area contributed by atoms with Gasteiger partial charge in [0.15, 0.2) is 0 Å². The van der Waals surface area contributed by atoms with Crippen molar-refractivity contribution in [1.29, 1.82) is 0 Å². The first kappa shape index (κ1) is 25.6. The molecule has 0 radical (unpaired) electrons. The average Bonchev–Trinajstić information content (AvgIpc) is 3.21. The normalized spacial score (nSPS) is 45.2. The van der Waals surface area contributed by atoms with Gasteiger partial charge < -0.3 is 35.4 Å². The van der Waals surface area contributed by atoms with E-state index in [9.17, 15) is 24.9 Å². The fraction of sp³-hybridized carbons (Fsp3) is 0.909. The number of rotatable bonds is 7. The van der Waals surface area contributed by atoms with Crippen LogP contribution in [0.2, 0.25) is 0 Å². The molecule has 0 aromatic heterocycles. The summed E-state index contributed by atoms with van der Waals surface area (Å²) >= 11 is 1.84. The van der Waals surface area contributed by atoms with Crippen LogP contribution in [0.25, 0.3) is 0 Å². The maximum atomic E-state index is 12.4. The van der Waals surface area contributed by atoms with E-state index in [0.29, 0.717) is 11.7 Å². The number of fused-ring (bicyclic) bond motifs is 1. The van der Waals surface area contributed by atoms with E-state index in [-0.39, 0.29) is 31.1 Å². The van der Waals surface area contributed by atoms with Crippen molar-refractivity contribution < 1.29 is 34.4 Å². The highest BCUT2D eigenvalue weighted by atomic mass is 32.2. The Hall–Kier alpha value is -1.07. The zero-order chi connectivity index (χ0) is 24.2. The third-order valence-electron chi connectivity index (χ3n) is 8.14. The largest absolute Gasteiger partial charge is 0.462 e. The predicted octanol–water partition coefficient (Wildman–Crippen LogP) is 1.08. The molecule has 3 saturated heterocycles. The van der Waals surface area contributed by atoms with Crippen LogP contribution in [0.15, 0.2) is 0 Å². The molecule has 3 rings (SSSR count). The third-order valence-corrected chi connectivity index (χ3v) is 9.65. The number of thioether (sulfide) groups is 1. The van der Waals surface area contributed by atoms with Crippen LogP contribution < -0.4 is 10.6 Å². The summed E-state index contributed by atoms with van der Waals surface area (Å²) in [5.74, 6) is 0.495. The van der Waals surface area contributed by atoms with E-state index in [0.717, 1.165) is 18.6 Å². The molecule has 3 unspecified atom stereocenters. The van der Waals surface area contributed by atoms with Crippen molar-refractivity contribution in [1.82, 2.24) is 10.6 Å². The van der Waals surface area contributed by atoms with E-state index in [2.05, 4.69) is 10.6 Å². The number of esters is 1. The second-order valence-electron chi connectivity index (χ2n) is 10.6. The number of aliphatic hydroxyl groups is 3. The van der Waals surface area contributed by atoms with Crippen LogP contribution in [0.3, 0.4) is 0 Å². The number of ether oxygens (including phenoxy) is 2. The van der Waals surface area contributed by atoms with E-state index in [4.69, 9.17) is 9.47 Å². The Morgan fingerprint density at radius 2 is 1.72 bits per heavy atom. The van der Waals surface area contributed by atoms with Gasteiger partial charge in [0.25, 0.3) is 0 Å². The van der Waals surface area contributed by atoms with Crippen molar-refractivity contribution in [3.05, 3.63) is 0 Å². The molecule has 3 aliphatic rings. The molecule has 3 heterocycles. The molecule has 3 aliphatic heterocycles. The Morgan fingerprint density at radius 1 is 1.06 bits per heavy atom.